The van der Waals surface area contributed by atoms with Crippen molar-refractivity contribution in [2.45, 2.75) is 26.4 Å². The van der Waals surface area contributed by atoms with Gasteiger partial charge in [0.15, 0.2) is 10.6 Å². The predicted octanol–water partition coefficient (Wildman–Crippen LogP) is 2.99. The minimum atomic E-state index is -0.279. The molecule has 2 heterocycles. The van der Waals surface area contributed by atoms with Crippen LogP contribution in [0.25, 0.3) is 11.4 Å². The fourth-order valence-corrected chi connectivity index (χ4v) is 3.38. The third kappa shape index (κ3) is 4.02. The largest absolute Gasteiger partial charge is 0.466 e. The van der Waals surface area contributed by atoms with Crippen LogP contribution in [0.1, 0.15) is 19.8 Å². The summed E-state index contributed by atoms with van der Waals surface area (Å²) in [7, 11) is 1.86. The maximum atomic E-state index is 13.1. The molecule has 1 saturated heterocycles. The van der Waals surface area contributed by atoms with Crippen molar-refractivity contribution in [2.75, 3.05) is 19.7 Å². The minimum absolute atomic E-state index is 0.0160. The molecule has 1 aliphatic heterocycles. The quantitative estimate of drug-likeness (QED) is 0.591. The SMILES string of the molecule is CCOC(=O)C1CCN(Cn2nc(-c3ccc(F)cc3)n(C)c2=S)CC1. The highest BCUT2D eigenvalue weighted by Gasteiger charge is 2.26. The molecule has 0 atom stereocenters. The van der Waals surface area contributed by atoms with E-state index < -0.39 is 0 Å². The maximum absolute atomic E-state index is 13.1. The average molecular weight is 378 g/mol. The smallest absolute Gasteiger partial charge is 0.309 e. The molecule has 0 saturated carbocycles. The topological polar surface area (TPSA) is 52.3 Å². The number of esters is 1. The van der Waals surface area contributed by atoms with Crippen LogP contribution in [0.5, 0.6) is 0 Å². The van der Waals surface area contributed by atoms with Gasteiger partial charge in [-0.1, -0.05) is 0 Å². The normalized spacial score (nSPS) is 16.0. The number of carbonyl (C=O) groups excluding carboxylic acids is 1. The third-order valence-corrected chi connectivity index (χ3v) is 5.17. The zero-order chi connectivity index (χ0) is 18.7. The molecule has 26 heavy (non-hydrogen) atoms. The van der Waals surface area contributed by atoms with Gasteiger partial charge in [0.1, 0.15) is 5.82 Å². The minimum Gasteiger partial charge on any atom is -0.466 e. The van der Waals surface area contributed by atoms with E-state index in [0.717, 1.165) is 31.5 Å². The summed E-state index contributed by atoms with van der Waals surface area (Å²) >= 11 is 5.50. The summed E-state index contributed by atoms with van der Waals surface area (Å²) in [6.07, 6.45) is 1.56. The molecule has 0 unspecified atom stereocenters. The second-order valence-electron chi connectivity index (χ2n) is 6.46. The summed E-state index contributed by atoms with van der Waals surface area (Å²) in [6.45, 7) is 4.42. The van der Waals surface area contributed by atoms with Crippen molar-refractivity contribution in [3.63, 3.8) is 0 Å². The Labute approximate surface area is 157 Å². The first-order valence-electron chi connectivity index (χ1n) is 8.78. The van der Waals surface area contributed by atoms with Crippen molar-refractivity contribution in [2.24, 2.45) is 13.0 Å². The van der Waals surface area contributed by atoms with E-state index >= 15 is 0 Å². The molecular formula is C18H23FN4O2S. The van der Waals surface area contributed by atoms with E-state index in [0.29, 0.717) is 23.9 Å². The lowest BCUT2D eigenvalue weighted by molar-refractivity contribution is -0.149. The lowest BCUT2D eigenvalue weighted by atomic mass is 9.97. The molecule has 3 rings (SSSR count). The molecule has 1 aliphatic rings. The number of rotatable bonds is 5. The summed E-state index contributed by atoms with van der Waals surface area (Å²) in [4.78, 5) is 14.1. The molecule has 0 N–H and O–H groups in total. The molecular weight excluding hydrogens is 355 g/mol. The van der Waals surface area contributed by atoms with Crippen LogP contribution in [0.3, 0.4) is 0 Å². The number of hydrogen-bond acceptors (Lipinski definition) is 5. The first kappa shape index (κ1) is 18.7. The lowest BCUT2D eigenvalue weighted by Crippen LogP contribution is -2.38. The average Bonchev–Trinajstić information content (AvgIpc) is 2.92. The number of likely N-dealkylation sites (tertiary alicyclic amines) is 1. The van der Waals surface area contributed by atoms with E-state index in [9.17, 15) is 9.18 Å². The summed E-state index contributed by atoms with van der Waals surface area (Å²) in [5.74, 6) is 0.313. The van der Waals surface area contributed by atoms with E-state index in [1.54, 1.807) is 16.8 Å². The second-order valence-corrected chi connectivity index (χ2v) is 6.82. The van der Waals surface area contributed by atoms with Gasteiger partial charge in [0.25, 0.3) is 0 Å². The van der Waals surface area contributed by atoms with E-state index in [-0.39, 0.29) is 17.7 Å². The maximum Gasteiger partial charge on any atom is 0.309 e. The van der Waals surface area contributed by atoms with Crippen LogP contribution >= 0.6 is 12.2 Å². The Hall–Kier alpha value is -2.06. The van der Waals surface area contributed by atoms with Gasteiger partial charge in [-0.2, -0.15) is 5.10 Å². The van der Waals surface area contributed by atoms with Crippen molar-refractivity contribution >= 4 is 18.2 Å². The summed E-state index contributed by atoms with van der Waals surface area (Å²) in [5, 5.41) is 4.61. The Morgan fingerprint density at radius 3 is 2.58 bits per heavy atom. The van der Waals surface area contributed by atoms with Crippen molar-refractivity contribution < 1.29 is 13.9 Å². The molecule has 0 spiro atoms. The fourth-order valence-electron chi connectivity index (χ4n) is 3.19. The van der Waals surface area contributed by atoms with E-state index in [1.165, 1.54) is 12.1 Å². The Kier molecular flexibility index (Phi) is 5.83. The van der Waals surface area contributed by atoms with Gasteiger partial charge in [-0.3, -0.25) is 9.69 Å². The molecule has 1 aromatic heterocycles. The molecule has 8 heteroatoms. The summed E-state index contributed by atoms with van der Waals surface area (Å²) < 4.78 is 22.5. The highest BCUT2D eigenvalue weighted by Crippen LogP contribution is 2.21. The number of ether oxygens (including phenoxy) is 1. The van der Waals surface area contributed by atoms with Gasteiger partial charge in [0, 0.05) is 25.7 Å². The first-order valence-corrected chi connectivity index (χ1v) is 9.19. The molecule has 2 aromatic rings. The predicted molar refractivity (Wildman–Crippen MR) is 98.4 cm³/mol. The molecule has 0 aliphatic carbocycles. The van der Waals surface area contributed by atoms with Crippen LogP contribution in [0.15, 0.2) is 24.3 Å². The monoisotopic (exact) mass is 378 g/mol. The highest BCUT2D eigenvalue weighted by atomic mass is 32.1. The molecule has 0 bridgehead atoms. The number of piperidine rings is 1. The van der Waals surface area contributed by atoms with Crippen molar-refractivity contribution in [3.8, 4) is 11.4 Å². The van der Waals surface area contributed by atoms with Crippen LogP contribution in [0.2, 0.25) is 0 Å². The Bertz CT molecular complexity index is 823. The van der Waals surface area contributed by atoms with Crippen LogP contribution in [0, 0.1) is 16.5 Å². The number of carbonyl (C=O) groups is 1. The van der Waals surface area contributed by atoms with Gasteiger partial charge < -0.3 is 9.30 Å². The van der Waals surface area contributed by atoms with Gasteiger partial charge in [-0.15, -0.1) is 0 Å². The molecule has 1 fully saturated rings. The second kappa shape index (κ2) is 8.09. The summed E-state index contributed by atoms with van der Waals surface area (Å²) in [6, 6.07) is 6.22. The van der Waals surface area contributed by atoms with Gasteiger partial charge in [0.2, 0.25) is 0 Å². The van der Waals surface area contributed by atoms with E-state index in [2.05, 4.69) is 10.00 Å². The number of halogens is 1. The van der Waals surface area contributed by atoms with Gasteiger partial charge >= 0.3 is 5.97 Å². The van der Waals surface area contributed by atoms with Crippen LogP contribution in [-0.4, -0.2) is 44.9 Å². The van der Waals surface area contributed by atoms with E-state index in [1.807, 2.05) is 18.5 Å². The van der Waals surface area contributed by atoms with E-state index in [4.69, 9.17) is 17.0 Å². The molecule has 6 nitrogen and oxygen atoms in total. The zero-order valence-electron chi connectivity index (χ0n) is 15.0. The third-order valence-electron chi connectivity index (χ3n) is 4.68. The van der Waals surface area contributed by atoms with Crippen molar-refractivity contribution in [1.82, 2.24) is 19.2 Å². The van der Waals surface area contributed by atoms with Crippen molar-refractivity contribution in [3.05, 3.63) is 34.9 Å². The number of nitrogens with zero attached hydrogens (tertiary/aromatic N) is 4. The number of benzene rings is 1. The lowest BCUT2D eigenvalue weighted by Gasteiger charge is -2.30. The molecule has 140 valence electrons. The standard InChI is InChI=1S/C18H23FN4O2S/c1-3-25-17(24)14-8-10-22(11-9-14)12-23-18(26)21(2)16(20-23)13-4-6-15(19)7-5-13/h4-7,14H,3,8-12H2,1-2H3. The van der Waals surface area contributed by atoms with Crippen LogP contribution in [0.4, 0.5) is 4.39 Å². The number of hydrogen-bond donors (Lipinski definition) is 0. The summed E-state index contributed by atoms with van der Waals surface area (Å²) in [5.41, 5.74) is 0.819. The van der Waals surface area contributed by atoms with Gasteiger partial charge in [-0.05, 0) is 56.2 Å². The fraction of sp³-hybridized carbons (Fsp3) is 0.500. The van der Waals surface area contributed by atoms with Crippen LogP contribution < -0.4 is 0 Å². The Morgan fingerprint density at radius 2 is 1.96 bits per heavy atom. The molecule has 0 radical (unpaired) electrons. The van der Waals surface area contributed by atoms with Gasteiger partial charge in [-0.25, -0.2) is 9.07 Å². The number of aromatic nitrogens is 3. The van der Waals surface area contributed by atoms with Gasteiger partial charge in [0.05, 0.1) is 19.2 Å². The van der Waals surface area contributed by atoms with Crippen LogP contribution in [-0.2, 0) is 23.2 Å². The zero-order valence-corrected chi connectivity index (χ0v) is 15.8. The Morgan fingerprint density at radius 1 is 1.31 bits per heavy atom. The first-order chi connectivity index (χ1) is 12.5. The Balaban J connectivity index is 1.68. The highest BCUT2D eigenvalue weighted by molar-refractivity contribution is 7.71. The van der Waals surface area contributed by atoms with Crippen molar-refractivity contribution in [1.29, 1.82) is 0 Å². The molecule has 0 amide bonds. The molecule has 1 aromatic carbocycles.